The maximum atomic E-state index is 5.96. The molecule has 0 atom stereocenters. The Labute approximate surface area is 104 Å². The highest BCUT2D eigenvalue weighted by Crippen LogP contribution is 2.22. The van der Waals surface area contributed by atoms with Crippen LogP contribution < -0.4 is 5.32 Å². The van der Waals surface area contributed by atoms with Crippen LogP contribution in [0.2, 0.25) is 0 Å². The van der Waals surface area contributed by atoms with Gasteiger partial charge in [0.05, 0.1) is 25.5 Å². The summed E-state index contributed by atoms with van der Waals surface area (Å²) < 4.78 is 11.4. The first-order valence-corrected chi connectivity index (χ1v) is 6.77. The lowest BCUT2D eigenvalue weighted by atomic mass is 9.98. The van der Waals surface area contributed by atoms with Crippen LogP contribution in [0, 0.1) is 0 Å². The summed E-state index contributed by atoms with van der Waals surface area (Å²) in [6.07, 6.45) is 8.68. The second-order valence-corrected chi connectivity index (χ2v) is 4.72. The summed E-state index contributed by atoms with van der Waals surface area (Å²) in [7, 11) is 0. The van der Waals surface area contributed by atoms with Crippen molar-refractivity contribution in [2.75, 3.05) is 6.54 Å². The summed E-state index contributed by atoms with van der Waals surface area (Å²) in [5.41, 5.74) is 1.19. The molecule has 1 aromatic rings. The molecule has 2 rings (SSSR count). The van der Waals surface area contributed by atoms with E-state index in [1.807, 2.05) is 6.07 Å². The lowest BCUT2D eigenvalue weighted by Gasteiger charge is -2.21. The van der Waals surface area contributed by atoms with Crippen LogP contribution in [0.4, 0.5) is 0 Å². The molecular weight excluding hydrogens is 214 g/mol. The fraction of sp³-hybridized carbons (Fsp3) is 0.714. The van der Waals surface area contributed by atoms with E-state index >= 15 is 0 Å². The molecule has 1 heterocycles. The van der Waals surface area contributed by atoms with E-state index in [0.717, 1.165) is 18.8 Å². The van der Waals surface area contributed by atoms with E-state index in [4.69, 9.17) is 9.15 Å². The predicted molar refractivity (Wildman–Crippen MR) is 67.8 cm³/mol. The molecule has 0 bridgehead atoms. The van der Waals surface area contributed by atoms with Gasteiger partial charge in [-0.2, -0.15) is 0 Å². The Kier molecular flexibility index (Phi) is 5.08. The normalized spacial score (nSPS) is 17.5. The number of hydrogen-bond donors (Lipinski definition) is 1. The van der Waals surface area contributed by atoms with E-state index in [-0.39, 0.29) is 0 Å². The van der Waals surface area contributed by atoms with Gasteiger partial charge in [0.1, 0.15) is 5.76 Å². The van der Waals surface area contributed by atoms with Crippen LogP contribution in [0.15, 0.2) is 16.7 Å². The number of nitrogens with one attached hydrogen (secondary N) is 1. The molecule has 0 spiro atoms. The average Bonchev–Trinajstić information content (AvgIpc) is 2.82. The van der Waals surface area contributed by atoms with Crippen molar-refractivity contribution in [2.24, 2.45) is 0 Å². The Morgan fingerprint density at radius 3 is 2.94 bits per heavy atom. The third kappa shape index (κ3) is 3.86. The summed E-state index contributed by atoms with van der Waals surface area (Å²) in [6.45, 7) is 4.56. The predicted octanol–water partition coefficient (Wildman–Crippen LogP) is 3.24. The molecule has 1 aromatic heterocycles. The van der Waals surface area contributed by atoms with Crippen LogP contribution in [0.1, 0.15) is 50.4 Å². The summed E-state index contributed by atoms with van der Waals surface area (Å²) >= 11 is 0. The monoisotopic (exact) mass is 237 g/mol. The number of furan rings is 1. The first kappa shape index (κ1) is 12.7. The van der Waals surface area contributed by atoms with Gasteiger partial charge in [0, 0.05) is 5.56 Å². The molecule has 0 aromatic carbocycles. The van der Waals surface area contributed by atoms with Crippen LogP contribution in [-0.2, 0) is 17.9 Å². The molecule has 1 saturated carbocycles. The van der Waals surface area contributed by atoms with Gasteiger partial charge in [0.15, 0.2) is 0 Å². The second kappa shape index (κ2) is 6.82. The Morgan fingerprint density at radius 2 is 2.18 bits per heavy atom. The lowest BCUT2D eigenvalue weighted by molar-refractivity contribution is 0.0162. The van der Waals surface area contributed by atoms with Gasteiger partial charge in [-0.25, -0.2) is 0 Å². The Hall–Kier alpha value is -0.800. The molecule has 3 nitrogen and oxygen atoms in total. The Bertz CT molecular complexity index is 316. The molecule has 1 N–H and O–H groups in total. The van der Waals surface area contributed by atoms with Gasteiger partial charge in [-0.1, -0.05) is 26.2 Å². The van der Waals surface area contributed by atoms with E-state index in [2.05, 4.69) is 12.2 Å². The highest BCUT2D eigenvalue weighted by Gasteiger charge is 2.15. The van der Waals surface area contributed by atoms with E-state index in [1.54, 1.807) is 6.26 Å². The Balaban J connectivity index is 1.79. The minimum atomic E-state index is 0.464. The quantitative estimate of drug-likeness (QED) is 0.824. The van der Waals surface area contributed by atoms with Gasteiger partial charge >= 0.3 is 0 Å². The van der Waals surface area contributed by atoms with Crippen LogP contribution in [0.3, 0.4) is 0 Å². The highest BCUT2D eigenvalue weighted by molar-refractivity contribution is 5.15. The van der Waals surface area contributed by atoms with E-state index in [0.29, 0.717) is 12.7 Å². The minimum absolute atomic E-state index is 0.464. The molecule has 0 radical (unpaired) electrons. The maximum Gasteiger partial charge on any atom is 0.123 e. The fourth-order valence-corrected chi connectivity index (χ4v) is 2.33. The van der Waals surface area contributed by atoms with Crippen molar-refractivity contribution in [1.29, 1.82) is 0 Å². The molecule has 0 saturated heterocycles. The number of ether oxygens (including phenoxy) is 1. The third-order valence-electron chi connectivity index (χ3n) is 3.40. The zero-order valence-electron chi connectivity index (χ0n) is 10.7. The van der Waals surface area contributed by atoms with Crippen molar-refractivity contribution < 1.29 is 9.15 Å². The standard InChI is InChI=1S/C14H23NO2/c1-2-15-10-14-12(8-9-16-14)11-17-13-6-4-3-5-7-13/h8-9,13,15H,2-7,10-11H2,1H3. The summed E-state index contributed by atoms with van der Waals surface area (Å²) in [4.78, 5) is 0. The van der Waals surface area contributed by atoms with Gasteiger partial charge in [0.2, 0.25) is 0 Å². The molecule has 1 aliphatic rings. The van der Waals surface area contributed by atoms with Crippen molar-refractivity contribution in [3.8, 4) is 0 Å². The topological polar surface area (TPSA) is 34.4 Å². The van der Waals surface area contributed by atoms with E-state index in [1.165, 1.54) is 37.7 Å². The molecule has 1 fully saturated rings. The van der Waals surface area contributed by atoms with Crippen LogP contribution in [0.5, 0.6) is 0 Å². The van der Waals surface area contributed by atoms with Crippen molar-refractivity contribution in [3.05, 3.63) is 23.7 Å². The zero-order valence-corrected chi connectivity index (χ0v) is 10.7. The van der Waals surface area contributed by atoms with E-state index < -0.39 is 0 Å². The van der Waals surface area contributed by atoms with Crippen molar-refractivity contribution in [3.63, 3.8) is 0 Å². The number of hydrogen-bond acceptors (Lipinski definition) is 3. The summed E-state index contributed by atoms with van der Waals surface area (Å²) in [6, 6.07) is 2.02. The second-order valence-electron chi connectivity index (χ2n) is 4.72. The van der Waals surface area contributed by atoms with Crippen molar-refractivity contribution >= 4 is 0 Å². The zero-order chi connectivity index (χ0) is 11.9. The van der Waals surface area contributed by atoms with Gasteiger partial charge in [0.25, 0.3) is 0 Å². The average molecular weight is 237 g/mol. The largest absolute Gasteiger partial charge is 0.468 e. The van der Waals surface area contributed by atoms with Gasteiger partial charge in [-0.05, 0) is 25.5 Å². The highest BCUT2D eigenvalue weighted by atomic mass is 16.5. The van der Waals surface area contributed by atoms with Gasteiger partial charge in [-0.3, -0.25) is 0 Å². The molecule has 3 heteroatoms. The van der Waals surface area contributed by atoms with Gasteiger partial charge in [-0.15, -0.1) is 0 Å². The summed E-state index contributed by atoms with van der Waals surface area (Å²) in [5, 5.41) is 3.28. The molecule has 0 unspecified atom stereocenters. The molecule has 0 aliphatic heterocycles. The first-order valence-electron chi connectivity index (χ1n) is 6.77. The van der Waals surface area contributed by atoms with Gasteiger partial charge < -0.3 is 14.5 Å². The van der Waals surface area contributed by atoms with Crippen LogP contribution >= 0.6 is 0 Å². The Morgan fingerprint density at radius 1 is 1.35 bits per heavy atom. The van der Waals surface area contributed by atoms with Crippen LogP contribution in [-0.4, -0.2) is 12.6 Å². The number of rotatable bonds is 6. The summed E-state index contributed by atoms with van der Waals surface area (Å²) in [5.74, 6) is 1.02. The van der Waals surface area contributed by atoms with Crippen molar-refractivity contribution in [2.45, 2.75) is 58.3 Å². The maximum absolute atomic E-state index is 5.96. The molecular formula is C14H23NO2. The molecule has 17 heavy (non-hydrogen) atoms. The SMILES string of the molecule is CCNCc1occc1COC1CCCCC1. The van der Waals surface area contributed by atoms with Crippen molar-refractivity contribution in [1.82, 2.24) is 5.32 Å². The lowest BCUT2D eigenvalue weighted by Crippen LogP contribution is -2.17. The first-order chi connectivity index (χ1) is 8.40. The third-order valence-corrected chi connectivity index (χ3v) is 3.40. The minimum Gasteiger partial charge on any atom is -0.468 e. The smallest absolute Gasteiger partial charge is 0.123 e. The fourth-order valence-electron chi connectivity index (χ4n) is 2.33. The molecule has 96 valence electrons. The van der Waals surface area contributed by atoms with Crippen LogP contribution in [0.25, 0.3) is 0 Å². The van der Waals surface area contributed by atoms with E-state index in [9.17, 15) is 0 Å². The molecule has 0 amide bonds. The molecule has 1 aliphatic carbocycles.